The Hall–Kier alpha value is -0.830. The molecule has 0 atom stereocenters. The first-order valence-electron chi connectivity index (χ1n) is 3.28. The summed E-state index contributed by atoms with van der Waals surface area (Å²) in [6, 6.07) is 7.94. The molecule has 3 heteroatoms. The zero-order chi connectivity index (χ0) is 7.68. The summed E-state index contributed by atoms with van der Waals surface area (Å²) in [5, 5.41) is 1.77. The Labute approximate surface area is 72.8 Å². The van der Waals surface area contributed by atoms with Crippen LogP contribution < -0.4 is 0 Å². The second kappa shape index (κ2) is 2.66. The maximum absolute atomic E-state index is 4.27. The van der Waals surface area contributed by atoms with Crippen molar-refractivity contribution in [1.29, 1.82) is 0 Å². The van der Waals surface area contributed by atoms with Gasteiger partial charge >= 0.3 is 0 Å². The first-order chi connectivity index (χ1) is 5.40. The molecular formula is C8H6BrN2. The van der Waals surface area contributed by atoms with Gasteiger partial charge in [-0.2, -0.15) is 0 Å². The topological polar surface area (TPSA) is 28.7 Å². The van der Waals surface area contributed by atoms with Crippen LogP contribution in [0.25, 0.3) is 11.0 Å². The largest absolute Gasteiger partial charge is 0.341 e. The summed E-state index contributed by atoms with van der Waals surface area (Å²) < 4.78 is 0. The Balaban J connectivity index is 2.69. The molecule has 2 rings (SSSR count). The van der Waals surface area contributed by atoms with Crippen LogP contribution in [-0.2, 0) is 0 Å². The molecule has 0 aliphatic heterocycles. The molecule has 0 unspecified atom stereocenters. The smallest absolute Gasteiger partial charge is 0.122 e. The van der Waals surface area contributed by atoms with Crippen molar-refractivity contribution in [2.45, 2.75) is 0 Å². The Morgan fingerprint density at radius 1 is 1.36 bits per heavy atom. The van der Waals surface area contributed by atoms with Gasteiger partial charge in [-0.3, -0.25) is 0 Å². The minimum atomic E-state index is 0.853. The molecular weight excluding hydrogens is 204 g/mol. The second-order valence-electron chi connectivity index (χ2n) is 2.25. The van der Waals surface area contributed by atoms with Gasteiger partial charge in [-0.1, -0.05) is 28.1 Å². The van der Waals surface area contributed by atoms with Crippen molar-refractivity contribution in [1.82, 2.24) is 9.97 Å². The number of aromatic amines is 1. The van der Waals surface area contributed by atoms with Crippen LogP contribution in [0.3, 0.4) is 0 Å². The highest BCUT2D eigenvalue weighted by Crippen LogP contribution is 2.12. The van der Waals surface area contributed by atoms with Crippen LogP contribution in [0.1, 0.15) is 5.82 Å². The van der Waals surface area contributed by atoms with Gasteiger partial charge in [-0.15, -0.1) is 0 Å². The lowest BCUT2D eigenvalue weighted by molar-refractivity contribution is 1.25. The monoisotopic (exact) mass is 209 g/mol. The van der Waals surface area contributed by atoms with E-state index in [0.29, 0.717) is 0 Å². The number of rotatable bonds is 1. The molecule has 0 saturated heterocycles. The summed E-state index contributed by atoms with van der Waals surface area (Å²) >= 11 is 3.22. The predicted molar refractivity (Wildman–Crippen MR) is 48.4 cm³/mol. The minimum absolute atomic E-state index is 0.853. The number of hydrogen-bond donors (Lipinski definition) is 1. The number of benzene rings is 1. The maximum Gasteiger partial charge on any atom is 0.122 e. The molecule has 0 aliphatic rings. The van der Waals surface area contributed by atoms with Crippen molar-refractivity contribution in [2.24, 2.45) is 0 Å². The zero-order valence-electron chi connectivity index (χ0n) is 5.71. The molecule has 55 valence electrons. The van der Waals surface area contributed by atoms with Gasteiger partial charge in [0.1, 0.15) is 5.82 Å². The lowest BCUT2D eigenvalue weighted by Gasteiger charge is -1.81. The van der Waals surface area contributed by atoms with Gasteiger partial charge in [0.15, 0.2) is 0 Å². The average Bonchev–Trinajstić information content (AvgIpc) is 2.46. The fourth-order valence-corrected chi connectivity index (χ4v) is 1.24. The summed E-state index contributed by atoms with van der Waals surface area (Å²) in [5.74, 6) is 0.853. The molecule has 0 aliphatic carbocycles. The third kappa shape index (κ3) is 1.16. The summed E-state index contributed by atoms with van der Waals surface area (Å²) in [6.07, 6.45) is 0. The molecule has 1 heterocycles. The number of H-pyrrole nitrogens is 1. The Kier molecular flexibility index (Phi) is 1.66. The van der Waals surface area contributed by atoms with Crippen molar-refractivity contribution in [3.05, 3.63) is 35.4 Å². The first-order valence-corrected chi connectivity index (χ1v) is 4.20. The van der Waals surface area contributed by atoms with E-state index >= 15 is 0 Å². The number of para-hydroxylation sites is 2. The average molecular weight is 210 g/mol. The van der Waals surface area contributed by atoms with Crippen LogP contribution in [0.5, 0.6) is 0 Å². The highest BCUT2D eigenvalue weighted by Gasteiger charge is 1.98. The van der Waals surface area contributed by atoms with Crippen molar-refractivity contribution in [3.8, 4) is 0 Å². The summed E-state index contributed by atoms with van der Waals surface area (Å²) in [6.45, 7) is 0. The molecule has 0 saturated carbocycles. The van der Waals surface area contributed by atoms with E-state index in [0.717, 1.165) is 16.9 Å². The number of hydrogen-bond acceptors (Lipinski definition) is 1. The van der Waals surface area contributed by atoms with Gasteiger partial charge in [0.2, 0.25) is 0 Å². The standard InChI is InChI=1S/C8H6BrN2/c9-5-8-10-6-3-1-2-4-7(6)11-8/h1-5H,(H,10,11). The van der Waals surface area contributed by atoms with Crippen LogP contribution >= 0.6 is 15.9 Å². The van der Waals surface area contributed by atoms with Gasteiger partial charge in [-0.05, 0) is 12.1 Å². The SMILES string of the molecule is Br[CH]c1nc2ccccc2[nH]1. The third-order valence-corrected chi connectivity index (χ3v) is 1.94. The predicted octanol–water partition coefficient (Wildman–Crippen LogP) is 2.47. The van der Waals surface area contributed by atoms with Gasteiger partial charge < -0.3 is 4.98 Å². The molecule has 0 amide bonds. The van der Waals surface area contributed by atoms with Crippen LogP contribution in [0.2, 0.25) is 0 Å². The highest BCUT2D eigenvalue weighted by molar-refractivity contribution is 9.10. The van der Waals surface area contributed by atoms with Crippen LogP contribution in [0.4, 0.5) is 0 Å². The molecule has 2 aromatic rings. The Morgan fingerprint density at radius 2 is 2.18 bits per heavy atom. The van der Waals surface area contributed by atoms with E-state index in [1.54, 1.807) is 5.33 Å². The maximum atomic E-state index is 4.27. The van der Waals surface area contributed by atoms with E-state index in [1.807, 2.05) is 24.3 Å². The molecule has 0 fully saturated rings. The Morgan fingerprint density at radius 3 is 2.91 bits per heavy atom. The minimum Gasteiger partial charge on any atom is -0.341 e. The van der Waals surface area contributed by atoms with Crippen molar-refractivity contribution in [2.75, 3.05) is 0 Å². The first kappa shape index (κ1) is 6.85. The van der Waals surface area contributed by atoms with Crippen molar-refractivity contribution >= 4 is 27.0 Å². The zero-order valence-corrected chi connectivity index (χ0v) is 7.30. The molecule has 0 bridgehead atoms. The van der Waals surface area contributed by atoms with Crippen molar-refractivity contribution in [3.63, 3.8) is 0 Å². The van der Waals surface area contributed by atoms with E-state index < -0.39 is 0 Å². The molecule has 1 radical (unpaired) electrons. The summed E-state index contributed by atoms with van der Waals surface area (Å²) in [7, 11) is 0. The highest BCUT2D eigenvalue weighted by atomic mass is 79.9. The quantitative estimate of drug-likeness (QED) is 0.769. The third-order valence-electron chi connectivity index (χ3n) is 1.51. The van der Waals surface area contributed by atoms with Crippen molar-refractivity contribution < 1.29 is 0 Å². The van der Waals surface area contributed by atoms with E-state index in [4.69, 9.17) is 0 Å². The van der Waals surface area contributed by atoms with Crippen LogP contribution in [-0.4, -0.2) is 9.97 Å². The van der Waals surface area contributed by atoms with Crippen LogP contribution in [0.15, 0.2) is 24.3 Å². The summed E-state index contributed by atoms with van der Waals surface area (Å²) in [4.78, 5) is 7.40. The fourth-order valence-electron chi connectivity index (χ4n) is 1.02. The molecule has 11 heavy (non-hydrogen) atoms. The molecule has 0 spiro atoms. The number of aromatic nitrogens is 2. The van der Waals surface area contributed by atoms with E-state index in [1.165, 1.54) is 0 Å². The van der Waals surface area contributed by atoms with E-state index in [2.05, 4.69) is 25.9 Å². The van der Waals surface area contributed by atoms with Gasteiger partial charge in [0.25, 0.3) is 0 Å². The van der Waals surface area contributed by atoms with E-state index in [9.17, 15) is 0 Å². The molecule has 1 aromatic carbocycles. The lowest BCUT2D eigenvalue weighted by Crippen LogP contribution is -1.73. The fraction of sp³-hybridized carbons (Fsp3) is 0. The summed E-state index contributed by atoms with van der Waals surface area (Å²) in [5.41, 5.74) is 2.07. The number of nitrogens with zero attached hydrogens (tertiary/aromatic N) is 1. The normalized spacial score (nSPS) is 10.6. The van der Waals surface area contributed by atoms with Crippen LogP contribution in [0, 0.1) is 5.33 Å². The van der Waals surface area contributed by atoms with E-state index in [-0.39, 0.29) is 0 Å². The number of halogens is 1. The van der Waals surface area contributed by atoms with Gasteiger partial charge in [0.05, 0.1) is 16.4 Å². The number of imidazole rings is 1. The van der Waals surface area contributed by atoms with Gasteiger partial charge in [0, 0.05) is 0 Å². The van der Waals surface area contributed by atoms with Gasteiger partial charge in [-0.25, -0.2) is 4.98 Å². The molecule has 1 N–H and O–H groups in total. The molecule has 1 aromatic heterocycles. The number of nitrogens with one attached hydrogen (secondary N) is 1. The second-order valence-corrected chi connectivity index (χ2v) is 2.71. The number of fused-ring (bicyclic) bond motifs is 1. The molecule has 2 nitrogen and oxygen atoms in total. The Bertz CT molecular complexity index is 334. The lowest BCUT2D eigenvalue weighted by atomic mass is 10.3.